The molecule has 2 aromatic rings. The molecule has 3 amide bonds. The molecule has 2 fully saturated rings. The average Bonchev–Trinajstić information content (AvgIpc) is 3.33. The maximum absolute atomic E-state index is 12.7. The number of amides is 3. The normalized spacial score (nSPS) is 24.4. The minimum Gasteiger partial charge on any atom is -0.347 e. The maximum atomic E-state index is 12.7. The highest BCUT2D eigenvalue weighted by Crippen LogP contribution is 2.38. The molecule has 2 bridgehead atoms. The number of rotatable bonds is 3. The van der Waals surface area contributed by atoms with Crippen LogP contribution in [0, 0.1) is 12.8 Å². The van der Waals surface area contributed by atoms with Crippen LogP contribution in [0.3, 0.4) is 0 Å². The number of anilines is 1. The predicted octanol–water partition coefficient (Wildman–Crippen LogP) is 3.48. The number of nitrogens with one attached hydrogen (secondary N) is 2. The third-order valence-corrected chi connectivity index (χ3v) is 6.06. The molecule has 25 heavy (non-hydrogen) atoms. The lowest BCUT2D eigenvalue weighted by Gasteiger charge is -2.33. The Morgan fingerprint density at radius 2 is 2.00 bits per heavy atom. The standard InChI is InChI=1S/C19H21N3O2S/c1-12-5-2-3-6-14(12)21-19(24)22-11-13-9-15(16(22)10-13)20-18(23)17-7-4-8-25-17/h2-8,13,15-16H,9-11H2,1H3,(H,20,23)(H,21,24). The molecule has 4 rings (SSSR count). The van der Waals surface area contributed by atoms with Crippen LogP contribution < -0.4 is 10.6 Å². The van der Waals surface area contributed by atoms with Crippen molar-refractivity contribution in [3.63, 3.8) is 0 Å². The summed E-state index contributed by atoms with van der Waals surface area (Å²) in [5.41, 5.74) is 1.89. The first kappa shape index (κ1) is 16.1. The third kappa shape index (κ3) is 3.14. The van der Waals surface area contributed by atoms with Crippen LogP contribution in [0.5, 0.6) is 0 Å². The van der Waals surface area contributed by atoms with E-state index in [-0.39, 0.29) is 24.0 Å². The van der Waals surface area contributed by atoms with Gasteiger partial charge in [-0.05, 0) is 48.8 Å². The van der Waals surface area contributed by atoms with Crippen LogP contribution >= 0.6 is 11.3 Å². The molecule has 1 saturated heterocycles. The van der Waals surface area contributed by atoms with Gasteiger partial charge in [-0.3, -0.25) is 4.79 Å². The second-order valence-corrected chi connectivity index (χ2v) is 7.81. The number of para-hydroxylation sites is 1. The highest BCUT2D eigenvalue weighted by Gasteiger charge is 2.47. The molecular weight excluding hydrogens is 334 g/mol. The zero-order valence-electron chi connectivity index (χ0n) is 14.1. The van der Waals surface area contributed by atoms with Gasteiger partial charge >= 0.3 is 6.03 Å². The van der Waals surface area contributed by atoms with Gasteiger partial charge in [0, 0.05) is 12.2 Å². The van der Waals surface area contributed by atoms with Crippen molar-refractivity contribution >= 4 is 29.0 Å². The van der Waals surface area contributed by atoms with Crippen LogP contribution in [0.15, 0.2) is 41.8 Å². The van der Waals surface area contributed by atoms with Gasteiger partial charge in [0.25, 0.3) is 5.91 Å². The first-order chi connectivity index (χ1) is 12.1. The number of hydrogen-bond donors (Lipinski definition) is 2. The summed E-state index contributed by atoms with van der Waals surface area (Å²) in [5.74, 6) is 0.438. The largest absolute Gasteiger partial charge is 0.347 e. The summed E-state index contributed by atoms with van der Waals surface area (Å²) < 4.78 is 0. The van der Waals surface area contributed by atoms with E-state index in [1.165, 1.54) is 11.3 Å². The zero-order valence-corrected chi connectivity index (χ0v) is 14.9. The van der Waals surface area contributed by atoms with Gasteiger partial charge in [0.05, 0.1) is 17.0 Å². The van der Waals surface area contributed by atoms with Gasteiger partial charge in [0.1, 0.15) is 0 Å². The number of urea groups is 1. The summed E-state index contributed by atoms with van der Waals surface area (Å²) in [6.07, 6.45) is 1.92. The number of nitrogens with zero attached hydrogens (tertiary/aromatic N) is 1. The predicted molar refractivity (Wildman–Crippen MR) is 99.0 cm³/mol. The van der Waals surface area contributed by atoms with Crippen molar-refractivity contribution < 1.29 is 9.59 Å². The van der Waals surface area contributed by atoms with Crippen LogP contribution in [0.2, 0.25) is 0 Å². The smallest absolute Gasteiger partial charge is 0.322 e. The van der Waals surface area contributed by atoms with Crippen molar-refractivity contribution in [2.45, 2.75) is 31.8 Å². The zero-order chi connectivity index (χ0) is 17.4. The van der Waals surface area contributed by atoms with E-state index in [0.717, 1.165) is 35.5 Å². The number of aryl methyl sites for hydroxylation is 1. The second-order valence-electron chi connectivity index (χ2n) is 6.86. The Labute approximate surface area is 151 Å². The number of hydrogen-bond acceptors (Lipinski definition) is 3. The summed E-state index contributed by atoms with van der Waals surface area (Å²) >= 11 is 1.44. The van der Waals surface area contributed by atoms with Crippen molar-refractivity contribution in [2.75, 3.05) is 11.9 Å². The Balaban J connectivity index is 1.43. The lowest BCUT2D eigenvalue weighted by Crippen LogP contribution is -2.52. The number of piperidine rings is 1. The molecular formula is C19H21N3O2S. The molecule has 6 heteroatoms. The van der Waals surface area contributed by atoms with Crippen LogP contribution in [0.1, 0.15) is 28.1 Å². The highest BCUT2D eigenvalue weighted by atomic mass is 32.1. The van der Waals surface area contributed by atoms with E-state index in [2.05, 4.69) is 10.6 Å². The molecule has 0 radical (unpaired) electrons. The van der Waals surface area contributed by atoms with Crippen LogP contribution in [-0.4, -0.2) is 35.5 Å². The fourth-order valence-corrected chi connectivity index (χ4v) is 4.59. The minimum atomic E-state index is -0.0723. The first-order valence-corrected chi connectivity index (χ1v) is 9.47. The number of fused-ring (bicyclic) bond motifs is 2. The fourth-order valence-electron chi connectivity index (χ4n) is 3.96. The van der Waals surface area contributed by atoms with Crippen molar-refractivity contribution in [3.05, 3.63) is 52.2 Å². The van der Waals surface area contributed by atoms with Gasteiger partial charge in [0.15, 0.2) is 0 Å². The Morgan fingerprint density at radius 3 is 2.72 bits per heavy atom. The van der Waals surface area contributed by atoms with E-state index in [4.69, 9.17) is 0 Å². The molecule has 1 aliphatic carbocycles. The Bertz CT molecular complexity index is 790. The van der Waals surface area contributed by atoms with Gasteiger partial charge < -0.3 is 15.5 Å². The molecule has 130 valence electrons. The third-order valence-electron chi connectivity index (χ3n) is 5.19. The minimum absolute atomic E-state index is 0.0354. The van der Waals surface area contributed by atoms with Crippen LogP contribution in [0.25, 0.3) is 0 Å². The van der Waals surface area contributed by atoms with Crippen molar-refractivity contribution in [1.29, 1.82) is 0 Å². The van der Waals surface area contributed by atoms with Gasteiger partial charge in [-0.25, -0.2) is 4.79 Å². The molecule has 2 heterocycles. The molecule has 5 nitrogen and oxygen atoms in total. The van der Waals surface area contributed by atoms with Gasteiger partial charge in [-0.2, -0.15) is 0 Å². The molecule has 1 aromatic carbocycles. The molecule has 2 aliphatic rings. The molecule has 1 saturated carbocycles. The topological polar surface area (TPSA) is 61.4 Å². The summed E-state index contributed by atoms with van der Waals surface area (Å²) in [7, 11) is 0. The summed E-state index contributed by atoms with van der Waals surface area (Å²) in [4.78, 5) is 27.7. The van der Waals surface area contributed by atoms with Crippen molar-refractivity contribution in [2.24, 2.45) is 5.92 Å². The quantitative estimate of drug-likeness (QED) is 0.885. The summed E-state index contributed by atoms with van der Waals surface area (Å²) in [6.45, 7) is 2.75. The van der Waals surface area contributed by atoms with Crippen LogP contribution in [0.4, 0.5) is 10.5 Å². The van der Waals surface area contributed by atoms with Gasteiger partial charge in [-0.1, -0.05) is 24.3 Å². The Kier molecular flexibility index (Phi) is 4.21. The van der Waals surface area contributed by atoms with Crippen LogP contribution in [-0.2, 0) is 0 Å². The highest BCUT2D eigenvalue weighted by molar-refractivity contribution is 7.12. The van der Waals surface area contributed by atoms with E-state index in [0.29, 0.717) is 5.92 Å². The fraction of sp³-hybridized carbons (Fsp3) is 0.368. The summed E-state index contributed by atoms with van der Waals surface area (Å²) in [6, 6.07) is 11.5. The van der Waals surface area contributed by atoms with Gasteiger partial charge in [0.2, 0.25) is 0 Å². The van der Waals surface area contributed by atoms with E-state index < -0.39 is 0 Å². The molecule has 3 unspecified atom stereocenters. The lowest BCUT2D eigenvalue weighted by atomic mass is 10.1. The van der Waals surface area contributed by atoms with Gasteiger partial charge in [-0.15, -0.1) is 11.3 Å². The SMILES string of the molecule is Cc1ccccc1NC(=O)N1CC2CC(NC(=O)c3cccs3)C1C2. The van der Waals surface area contributed by atoms with E-state index >= 15 is 0 Å². The monoisotopic (exact) mass is 355 g/mol. The molecule has 2 N–H and O–H groups in total. The number of benzene rings is 1. The number of carbonyl (C=O) groups is 2. The number of carbonyl (C=O) groups excluding carboxylic acids is 2. The van der Waals surface area contributed by atoms with E-state index in [1.807, 2.05) is 53.6 Å². The first-order valence-electron chi connectivity index (χ1n) is 8.59. The second kappa shape index (κ2) is 6.52. The molecule has 1 aliphatic heterocycles. The lowest BCUT2D eigenvalue weighted by molar-refractivity contribution is 0.0910. The molecule has 1 aromatic heterocycles. The van der Waals surface area contributed by atoms with E-state index in [9.17, 15) is 9.59 Å². The van der Waals surface area contributed by atoms with Crippen molar-refractivity contribution in [1.82, 2.24) is 10.2 Å². The molecule has 3 atom stereocenters. The Hall–Kier alpha value is -2.34. The molecule has 0 spiro atoms. The van der Waals surface area contributed by atoms with E-state index in [1.54, 1.807) is 0 Å². The number of likely N-dealkylation sites (tertiary alicyclic amines) is 1. The van der Waals surface area contributed by atoms with Crippen molar-refractivity contribution in [3.8, 4) is 0 Å². The average molecular weight is 355 g/mol. The Morgan fingerprint density at radius 1 is 1.16 bits per heavy atom. The summed E-state index contributed by atoms with van der Waals surface area (Å²) in [5, 5.41) is 8.04. The number of thiophene rings is 1. The maximum Gasteiger partial charge on any atom is 0.322 e.